The predicted molar refractivity (Wildman–Crippen MR) is 104 cm³/mol. The molecule has 1 aromatic carbocycles. The average Bonchev–Trinajstić information content (AvgIpc) is 3.21. The van der Waals surface area contributed by atoms with Crippen LogP contribution in [0.4, 0.5) is 0 Å². The molecule has 1 fully saturated rings. The molecule has 0 bridgehead atoms. The van der Waals surface area contributed by atoms with E-state index in [4.69, 9.17) is 21.1 Å². The molecule has 2 unspecified atom stereocenters. The van der Waals surface area contributed by atoms with E-state index in [1.807, 2.05) is 12.1 Å². The van der Waals surface area contributed by atoms with Gasteiger partial charge in [0.1, 0.15) is 13.2 Å². The van der Waals surface area contributed by atoms with Gasteiger partial charge in [0.25, 0.3) is 0 Å². The Morgan fingerprint density at radius 3 is 2.78 bits per heavy atom. The summed E-state index contributed by atoms with van der Waals surface area (Å²) in [6.07, 6.45) is 2.07. The Bertz CT molecular complexity index is 583. The van der Waals surface area contributed by atoms with E-state index in [0.29, 0.717) is 30.0 Å². The standard InChI is InChI=1S/C16H22ClN3O2.HI/c1-10-7-13(10)20-16(18-2)19-4-3-11-8-12(17)15-14(9-11)21-5-6-22-15;/h8-10,13H,3-7H2,1-2H3,(H2,18,19,20);1H. The third-order valence-electron chi connectivity index (χ3n) is 4.02. The summed E-state index contributed by atoms with van der Waals surface area (Å²) in [6, 6.07) is 4.51. The molecule has 23 heavy (non-hydrogen) atoms. The minimum absolute atomic E-state index is 0. The number of aliphatic imine (C=N–C) groups is 1. The molecule has 2 aliphatic rings. The minimum Gasteiger partial charge on any atom is -0.486 e. The molecular formula is C16H23ClIN3O2. The number of nitrogens with one attached hydrogen (secondary N) is 2. The van der Waals surface area contributed by atoms with Crippen molar-refractivity contribution in [2.45, 2.75) is 25.8 Å². The lowest BCUT2D eigenvalue weighted by molar-refractivity contribution is 0.171. The van der Waals surface area contributed by atoms with Gasteiger partial charge in [-0.2, -0.15) is 0 Å². The topological polar surface area (TPSA) is 54.9 Å². The van der Waals surface area contributed by atoms with Crippen molar-refractivity contribution in [2.24, 2.45) is 10.9 Å². The van der Waals surface area contributed by atoms with Gasteiger partial charge in [-0.1, -0.05) is 18.5 Å². The van der Waals surface area contributed by atoms with Gasteiger partial charge in [0.05, 0.1) is 5.02 Å². The number of rotatable bonds is 4. The Morgan fingerprint density at radius 2 is 2.09 bits per heavy atom. The quantitative estimate of drug-likeness (QED) is 0.420. The zero-order chi connectivity index (χ0) is 15.5. The first-order chi connectivity index (χ1) is 10.7. The van der Waals surface area contributed by atoms with E-state index < -0.39 is 0 Å². The summed E-state index contributed by atoms with van der Waals surface area (Å²) in [6.45, 7) is 4.15. The molecule has 2 N–H and O–H groups in total. The second kappa shape index (κ2) is 8.28. The van der Waals surface area contributed by atoms with Crippen LogP contribution in [0.2, 0.25) is 5.02 Å². The molecule has 5 nitrogen and oxygen atoms in total. The van der Waals surface area contributed by atoms with Crippen LogP contribution in [0, 0.1) is 5.92 Å². The van der Waals surface area contributed by atoms with Crippen LogP contribution < -0.4 is 20.1 Å². The van der Waals surface area contributed by atoms with Crippen LogP contribution in [-0.2, 0) is 6.42 Å². The van der Waals surface area contributed by atoms with Gasteiger partial charge in [0, 0.05) is 19.6 Å². The van der Waals surface area contributed by atoms with Crippen molar-refractivity contribution in [3.05, 3.63) is 22.7 Å². The van der Waals surface area contributed by atoms with E-state index >= 15 is 0 Å². The Labute approximate surface area is 159 Å². The fourth-order valence-corrected chi connectivity index (χ4v) is 2.82. The lowest BCUT2D eigenvalue weighted by Crippen LogP contribution is -2.39. The van der Waals surface area contributed by atoms with Crippen molar-refractivity contribution in [2.75, 3.05) is 26.8 Å². The van der Waals surface area contributed by atoms with E-state index in [1.54, 1.807) is 7.05 Å². The van der Waals surface area contributed by atoms with Gasteiger partial charge in [-0.3, -0.25) is 4.99 Å². The number of ether oxygens (including phenoxy) is 2. The van der Waals surface area contributed by atoms with Gasteiger partial charge >= 0.3 is 0 Å². The monoisotopic (exact) mass is 451 g/mol. The summed E-state index contributed by atoms with van der Waals surface area (Å²) in [7, 11) is 1.79. The smallest absolute Gasteiger partial charge is 0.191 e. The second-order valence-electron chi connectivity index (χ2n) is 5.81. The molecule has 0 spiro atoms. The van der Waals surface area contributed by atoms with E-state index in [-0.39, 0.29) is 24.0 Å². The normalized spacial score (nSPS) is 22.1. The minimum atomic E-state index is 0. The Hall–Kier alpha value is -0.890. The van der Waals surface area contributed by atoms with E-state index in [2.05, 4.69) is 22.5 Å². The summed E-state index contributed by atoms with van der Waals surface area (Å²) in [5.74, 6) is 3.00. The Kier molecular flexibility index (Phi) is 6.64. The van der Waals surface area contributed by atoms with Crippen molar-refractivity contribution in [3.63, 3.8) is 0 Å². The lowest BCUT2D eigenvalue weighted by Gasteiger charge is -2.20. The van der Waals surface area contributed by atoms with Gasteiger partial charge in [0.15, 0.2) is 17.5 Å². The third-order valence-corrected chi connectivity index (χ3v) is 4.30. The number of halogens is 2. The molecule has 3 rings (SSSR count). The molecule has 0 amide bonds. The van der Waals surface area contributed by atoms with Crippen LogP contribution >= 0.6 is 35.6 Å². The predicted octanol–water partition coefficient (Wildman–Crippen LogP) is 2.85. The molecule has 128 valence electrons. The van der Waals surface area contributed by atoms with Gasteiger partial charge in [-0.25, -0.2) is 0 Å². The molecule has 1 aliphatic heterocycles. The molecule has 0 saturated heterocycles. The number of benzene rings is 1. The molecular weight excluding hydrogens is 429 g/mol. The van der Waals surface area contributed by atoms with Crippen molar-refractivity contribution in [1.82, 2.24) is 10.6 Å². The summed E-state index contributed by atoms with van der Waals surface area (Å²) in [5, 5.41) is 7.35. The average molecular weight is 452 g/mol. The van der Waals surface area contributed by atoms with E-state index in [1.165, 1.54) is 6.42 Å². The maximum atomic E-state index is 6.25. The second-order valence-corrected chi connectivity index (χ2v) is 6.22. The van der Waals surface area contributed by atoms with Gasteiger partial charge in [0.2, 0.25) is 0 Å². The highest BCUT2D eigenvalue weighted by molar-refractivity contribution is 14.0. The van der Waals surface area contributed by atoms with Gasteiger partial charge < -0.3 is 20.1 Å². The fraction of sp³-hybridized carbons (Fsp3) is 0.562. The number of guanidine groups is 1. The van der Waals surface area contributed by atoms with Crippen LogP contribution in [0.25, 0.3) is 0 Å². The molecule has 1 heterocycles. The third kappa shape index (κ3) is 4.79. The van der Waals surface area contributed by atoms with Crippen molar-refractivity contribution in [1.29, 1.82) is 0 Å². The maximum absolute atomic E-state index is 6.25. The van der Waals surface area contributed by atoms with Gasteiger partial charge in [-0.05, 0) is 36.5 Å². The highest BCUT2D eigenvalue weighted by atomic mass is 127. The molecule has 1 aliphatic carbocycles. The van der Waals surface area contributed by atoms with Gasteiger partial charge in [-0.15, -0.1) is 24.0 Å². The van der Waals surface area contributed by atoms with Crippen LogP contribution in [0.1, 0.15) is 18.9 Å². The largest absolute Gasteiger partial charge is 0.486 e. The molecule has 2 atom stereocenters. The van der Waals surface area contributed by atoms with E-state index in [0.717, 1.165) is 36.2 Å². The highest BCUT2D eigenvalue weighted by Crippen LogP contribution is 2.38. The Balaban J connectivity index is 0.00000192. The molecule has 0 radical (unpaired) electrons. The maximum Gasteiger partial charge on any atom is 0.191 e. The number of nitrogens with zero attached hydrogens (tertiary/aromatic N) is 1. The molecule has 1 aromatic rings. The van der Waals surface area contributed by atoms with Crippen LogP contribution in [0.3, 0.4) is 0 Å². The Morgan fingerprint density at radius 1 is 1.35 bits per heavy atom. The lowest BCUT2D eigenvalue weighted by atomic mass is 10.1. The first-order valence-electron chi connectivity index (χ1n) is 7.72. The summed E-state index contributed by atoms with van der Waals surface area (Å²) < 4.78 is 11.1. The zero-order valence-corrected chi connectivity index (χ0v) is 16.5. The summed E-state index contributed by atoms with van der Waals surface area (Å²) in [5.41, 5.74) is 1.12. The first kappa shape index (κ1) is 18.4. The first-order valence-corrected chi connectivity index (χ1v) is 8.10. The van der Waals surface area contributed by atoms with Crippen LogP contribution in [-0.4, -0.2) is 38.8 Å². The highest BCUT2D eigenvalue weighted by Gasteiger charge is 2.33. The fourth-order valence-electron chi connectivity index (χ4n) is 2.53. The zero-order valence-electron chi connectivity index (χ0n) is 13.4. The summed E-state index contributed by atoms with van der Waals surface area (Å²) >= 11 is 6.25. The van der Waals surface area contributed by atoms with Crippen molar-refractivity contribution < 1.29 is 9.47 Å². The number of hydrogen-bond donors (Lipinski definition) is 2. The van der Waals surface area contributed by atoms with Crippen molar-refractivity contribution in [3.8, 4) is 11.5 Å². The summed E-state index contributed by atoms with van der Waals surface area (Å²) in [4.78, 5) is 4.25. The van der Waals surface area contributed by atoms with E-state index in [9.17, 15) is 0 Å². The SMILES string of the molecule is CN=C(NCCc1cc(Cl)c2c(c1)OCCO2)NC1CC1C.I. The molecule has 1 saturated carbocycles. The number of hydrogen-bond acceptors (Lipinski definition) is 3. The number of fused-ring (bicyclic) bond motifs is 1. The molecule has 0 aromatic heterocycles. The van der Waals surface area contributed by atoms with Crippen molar-refractivity contribution >= 4 is 41.5 Å². The molecule has 7 heteroatoms. The van der Waals surface area contributed by atoms with Crippen LogP contribution in [0.5, 0.6) is 11.5 Å². The van der Waals surface area contributed by atoms with Crippen LogP contribution in [0.15, 0.2) is 17.1 Å².